The molecule has 0 bridgehead atoms. The summed E-state index contributed by atoms with van der Waals surface area (Å²) in [5.41, 5.74) is 0.166. The molecule has 0 fully saturated rings. The van der Waals surface area contributed by atoms with E-state index in [4.69, 9.17) is 0 Å². The van der Waals surface area contributed by atoms with E-state index in [9.17, 15) is 13.2 Å². The zero-order valence-electron chi connectivity index (χ0n) is 10.4. The molecule has 2 aromatic rings. The lowest BCUT2D eigenvalue weighted by molar-refractivity contribution is -0.137. The van der Waals surface area contributed by atoms with Gasteiger partial charge in [-0.15, -0.1) is 0 Å². The van der Waals surface area contributed by atoms with Crippen molar-refractivity contribution in [3.05, 3.63) is 47.8 Å². The van der Waals surface area contributed by atoms with Crippen LogP contribution in [0, 0.1) is 0 Å². The van der Waals surface area contributed by atoms with E-state index < -0.39 is 11.7 Å². The van der Waals surface area contributed by atoms with E-state index >= 15 is 0 Å². The largest absolute Gasteiger partial charge is 0.416 e. The van der Waals surface area contributed by atoms with Crippen LogP contribution in [0.1, 0.15) is 18.1 Å². The minimum atomic E-state index is -4.29. The zero-order valence-corrected chi connectivity index (χ0v) is 10.4. The highest BCUT2D eigenvalue weighted by Crippen LogP contribution is 2.29. The molecular weight excluding hydrogens is 255 g/mol. The number of hydrogen-bond acceptors (Lipinski definition) is 2. The first-order valence-corrected chi connectivity index (χ1v) is 5.92. The molecular formula is C13H14F3N3. The third kappa shape index (κ3) is 3.27. The third-order valence-electron chi connectivity index (χ3n) is 2.68. The molecule has 0 amide bonds. The molecule has 1 aromatic heterocycles. The van der Waals surface area contributed by atoms with Crippen molar-refractivity contribution in [1.29, 1.82) is 0 Å². The van der Waals surface area contributed by atoms with Gasteiger partial charge in [-0.05, 0) is 24.6 Å². The lowest BCUT2D eigenvalue weighted by Gasteiger charge is -2.10. The fourth-order valence-corrected chi connectivity index (χ4v) is 1.76. The van der Waals surface area contributed by atoms with Gasteiger partial charge in [-0.3, -0.25) is 0 Å². The molecule has 0 unspecified atom stereocenters. The summed E-state index contributed by atoms with van der Waals surface area (Å²) in [6.45, 7) is 3.18. The number of benzene rings is 1. The first-order valence-electron chi connectivity index (χ1n) is 5.92. The summed E-state index contributed by atoms with van der Waals surface area (Å²) in [5, 5.41) is 3.08. The van der Waals surface area contributed by atoms with Crippen LogP contribution in [0.4, 0.5) is 19.1 Å². The predicted octanol–water partition coefficient (Wildman–Crippen LogP) is 3.38. The van der Waals surface area contributed by atoms with Crippen LogP contribution >= 0.6 is 0 Å². The second-order valence-corrected chi connectivity index (χ2v) is 4.10. The molecule has 2 rings (SSSR count). The van der Waals surface area contributed by atoms with Gasteiger partial charge in [0.2, 0.25) is 5.95 Å². The van der Waals surface area contributed by atoms with E-state index in [0.717, 1.165) is 24.2 Å². The van der Waals surface area contributed by atoms with Crippen LogP contribution in [0.15, 0.2) is 36.7 Å². The minimum Gasteiger partial charge on any atom is -0.356 e. The standard InChI is InChI=1S/C13H14F3N3/c1-2-17-12-18-7-8-19(12)9-10-3-5-11(6-4-10)13(14,15)16/h3-8H,2,9H2,1H3,(H,17,18). The average molecular weight is 269 g/mol. The predicted molar refractivity (Wildman–Crippen MR) is 66.9 cm³/mol. The van der Waals surface area contributed by atoms with Crippen molar-refractivity contribution in [2.24, 2.45) is 0 Å². The normalized spacial score (nSPS) is 11.6. The summed E-state index contributed by atoms with van der Waals surface area (Å²) in [7, 11) is 0. The summed E-state index contributed by atoms with van der Waals surface area (Å²) < 4.78 is 39.2. The number of aromatic nitrogens is 2. The quantitative estimate of drug-likeness (QED) is 0.922. The van der Waals surface area contributed by atoms with Crippen LogP contribution in [0.25, 0.3) is 0 Å². The maximum Gasteiger partial charge on any atom is 0.416 e. The average Bonchev–Trinajstić information content (AvgIpc) is 2.77. The lowest BCUT2D eigenvalue weighted by Crippen LogP contribution is -2.08. The topological polar surface area (TPSA) is 29.9 Å². The smallest absolute Gasteiger partial charge is 0.356 e. The third-order valence-corrected chi connectivity index (χ3v) is 2.68. The first kappa shape index (κ1) is 13.5. The van der Waals surface area contributed by atoms with E-state index in [1.807, 2.05) is 11.5 Å². The fourth-order valence-electron chi connectivity index (χ4n) is 1.76. The Morgan fingerprint density at radius 1 is 1.21 bits per heavy atom. The molecule has 0 saturated heterocycles. The maximum absolute atomic E-state index is 12.4. The zero-order chi connectivity index (χ0) is 13.9. The molecule has 1 aromatic carbocycles. The van der Waals surface area contributed by atoms with E-state index in [1.165, 1.54) is 12.1 Å². The van der Waals surface area contributed by atoms with Crippen molar-refractivity contribution in [2.75, 3.05) is 11.9 Å². The summed E-state index contributed by atoms with van der Waals surface area (Å²) in [5.74, 6) is 0.711. The first-order chi connectivity index (χ1) is 9.00. The summed E-state index contributed by atoms with van der Waals surface area (Å²) >= 11 is 0. The lowest BCUT2D eigenvalue weighted by atomic mass is 10.1. The molecule has 0 spiro atoms. The number of hydrogen-bond donors (Lipinski definition) is 1. The van der Waals surface area contributed by atoms with Gasteiger partial charge < -0.3 is 9.88 Å². The summed E-state index contributed by atoms with van der Waals surface area (Å²) in [4.78, 5) is 4.13. The second kappa shape index (κ2) is 5.34. The SMILES string of the molecule is CCNc1nccn1Cc1ccc(C(F)(F)F)cc1. The van der Waals surface area contributed by atoms with Crippen LogP contribution < -0.4 is 5.32 Å². The number of nitrogens with zero attached hydrogens (tertiary/aromatic N) is 2. The molecule has 102 valence electrons. The molecule has 19 heavy (non-hydrogen) atoms. The number of alkyl halides is 3. The molecule has 0 atom stereocenters. The molecule has 3 nitrogen and oxygen atoms in total. The van der Waals surface area contributed by atoms with Gasteiger partial charge in [0.1, 0.15) is 0 Å². The van der Waals surface area contributed by atoms with Gasteiger partial charge in [-0.1, -0.05) is 12.1 Å². The van der Waals surface area contributed by atoms with Crippen molar-refractivity contribution in [2.45, 2.75) is 19.6 Å². The van der Waals surface area contributed by atoms with Crippen LogP contribution in [0.5, 0.6) is 0 Å². The second-order valence-electron chi connectivity index (χ2n) is 4.10. The van der Waals surface area contributed by atoms with Gasteiger partial charge in [-0.25, -0.2) is 4.98 Å². The molecule has 0 saturated carbocycles. The highest BCUT2D eigenvalue weighted by molar-refractivity contribution is 5.29. The van der Waals surface area contributed by atoms with Crippen molar-refractivity contribution < 1.29 is 13.2 Å². The van der Waals surface area contributed by atoms with Gasteiger partial charge in [-0.2, -0.15) is 13.2 Å². The highest BCUT2D eigenvalue weighted by atomic mass is 19.4. The van der Waals surface area contributed by atoms with Crippen molar-refractivity contribution >= 4 is 5.95 Å². The molecule has 0 aliphatic carbocycles. The van der Waals surface area contributed by atoms with Crippen LogP contribution in [0.3, 0.4) is 0 Å². The van der Waals surface area contributed by atoms with Gasteiger partial charge in [0, 0.05) is 18.9 Å². The Labute approximate surface area is 109 Å². The Hall–Kier alpha value is -1.98. The van der Waals surface area contributed by atoms with E-state index in [2.05, 4.69) is 10.3 Å². The van der Waals surface area contributed by atoms with Crippen molar-refractivity contribution in [1.82, 2.24) is 9.55 Å². The maximum atomic E-state index is 12.4. The Balaban J connectivity index is 2.13. The van der Waals surface area contributed by atoms with Gasteiger partial charge >= 0.3 is 6.18 Å². The monoisotopic (exact) mass is 269 g/mol. The van der Waals surface area contributed by atoms with E-state index in [0.29, 0.717) is 12.5 Å². The van der Waals surface area contributed by atoms with Gasteiger partial charge in [0.25, 0.3) is 0 Å². The molecule has 0 aliphatic rings. The molecule has 6 heteroatoms. The van der Waals surface area contributed by atoms with Crippen LogP contribution in [0.2, 0.25) is 0 Å². The number of imidazole rings is 1. The number of rotatable bonds is 4. The Bertz CT molecular complexity index is 529. The molecule has 1 heterocycles. The Morgan fingerprint density at radius 2 is 1.89 bits per heavy atom. The van der Waals surface area contributed by atoms with Crippen molar-refractivity contribution in [3.63, 3.8) is 0 Å². The Morgan fingerprint density at radius 3 is 2.47 bits per heavy atom. The number of anilines is 1. The van der Waals surface area contributed by atoms with Crippen LogP contribution in [-0.2, 0) is 12.7 Å². The Kier molecular flexibility index (Phi) is 3.78. The molecule has 0 aliphatic heterocycles. The highest BCUT2D eigenvalue weighted by Gasteiger charge is 2.29. The fraction of sp³-hybridized carbons (Fsp3) is 0.308. The molecule has 1 N–H and O–H groups in total. The van der Waals surface area contributed by atoms with Gasteiger partial charge in [0.15, 0.2) is 0 Å². The van der Waals surface area contributed by atoms with E-state index in [1.54, 1.807) is 12.4 Å². The van der Waals surface area contributed by atoms with Gasteiger partial charge in [0.05, 0.1) is 12.1 Å². The minimum absolute atomic E-state index is 0.487. The summed E-state index contributed by atoms with van der Waals surface area (Å²) in [6.07, 6.45) is -0.847. The van der Waals surface area contributed by atoms with Crippen LogP contribution in [-0.4, -0.2) is 16.1 Å². The number of nitrogens with one attached hydrogen (secondary N) is 1. The summed E-state index contributed by atoms with van der Waals surface area (Å²) in [6, 6.07) is 5.16. The molecule has 0 radical (unpaired) electrons. The van der Waals surface area contributed by atoms with Crippen molar-refractivity contribution in [3.8, 4) is 0 Å². The van der Waals surface area contributed by atoms with E-state index in [-0.39, 0.29) is 0 Å². The number of halogens is 3.